The molecule has 1 N–H and O–H groups in total. The molecule has 0 radical (unpaired) electrons. The molecule has 1 atom stereocenters. The summed E-state index contributed by atoms with van der Waals surface area (Å²) < 4.78 is 34.1. The van der Waals surface area contributed by atoms with Gasteiger partial charge in [-0.15, -0.1) is 0 Å². The zero-order valence-electron chi connectivity index (χ0n) is 12.8. The number of hydrogen-bond acceptors (Lipinski definition) is 3. The highest BCUT2D eigenvalue weighted by molar-refractivity contribution is 5.51. The Bertz CT molecular complexity index is 445. The SMILES string of the molecule is CCCNCc1cc(F)c(N2CCOC(CC)C2)c(F)c1. The molecule has 1 aromatic carbocycles. The number of nitrogens with zero attached hydrogens (tertiary/aromatic N) is 1. The number of hydrogen-bond donors (Lipinski definition) is 1. The van der Waals surface area contributed by atoms with Gasteiger partial charge >= 0.3 is 0 Å². The van der Waals surface area contributed by atoms with Gasteiger partial charge in [-0.05, 0) is 37.1 Å². The van der Waals surface area contributed by atoms with Crippen molar-refractivity contribution in [3.05, 3.63) is 29.3 Å². The van der Waals surface area contributed by atoms with E-state index in [2.05, 4.69) is 12.2 Å². The van der Waals surface area contributed by atoms with E-state index in [0.717, 1.165) is 19.4 Å². The molecule has 1 aromatic rings. The second kappa shape index (κ2) is 7.71. The van der Waals surface area contributed by atoms with Crippen molar-refractivity contribution in [2.24, 2.45) is 0 Å². The van der Waals surface area contributed by atoms with Gasteiger partial charge in [-0.25, -0.2) is 8.78 Å². The molecule has 21 heavy (non-hydrogen) atoms. The zero-order chi connectivity index (χ0) is 15.2. The molecule has 2 rings (SSSR count). The highest BCUT2D eigenvalue weighted by atomic mass is 19.1. The molecule has 1 heterocycles. The van der Waals surface area contributed by atoms with Crippen molar-refractivity contribution in [3.63, 3.8) is 0 Å². The minimum atomic E-state index is -0.486. The van der Waals surface area contributed by atoms with Gasteiger partial charge in [-0.3, -0.25) is 0 Å². The lowest BCUT2D eigenvalue weighted by atomic mass is 10.1. The van der Waals surface area contributed by atoms with E-state index in [1.807, 2.05) is 6.92 Å². The molecule has 1 fully saturated rings. The lowest BCUT2D eigenvalue weighted by molar-refractivity contribution is 0.0380. The lowest BCUT2D eigenvalue weighted by Crippen LogP contribution is -2.43. The van der Waals surface area contributed by atoms with Crippen LogP contribution in [0.4, 0.5) is 14.5 Å². The highest BCUT2D eigenvalue weighted by Gasteiger charge is 2.24. The third-order valence-electron chi connectivity index (χ3n) is 3.74. The van der Waals surface area contributed by atoms with Crippen LogP contribution < -0.4 is 10.2 Å². The van der Waals surface area contributed by atoms with Gasteiger partial charge in [0, 0.05) is 19.6 Å². The Kier molecular flexibility index (Phi) is 5.94. The molecular formula is C16H24F2N2O. The summed E-state index contributed by atoms with van der Waals surface area (Å²) in [5, 5.41) is 3.15. The Balaban J connectivity index is 2.12. The molecule has 0 spiro atoms. The fourth-order valence-electron chi connectivity index (χ4n) is 2.60. The average molecular weight is 298 g/mol. The second-order valence-electron chi connectivity index (χ2n) is 5.43. The average Bonchev–Trinajstić information content (AvgIpc) is 2.47. The number of anilines is 1. The molecule has 1 saturated heterocycles. The van der Waals surface area contributed by atoms with Crippen LogP contribution in [-0.4, -0.2) is 32.3 Å². The number of morpholine rings is 1. The van der Waals surface area contributed by atoms with Crippen LogP contribution in [0.2, 0.25) is 0 Å². The van der Waals surface area contributed by atoms with E-state index in [1.54, 1.807) is 4.90 Å². The van der Waals surface area contributed by atoms with Crippen molar-refractivity contribution in [2.75, 3.05) is 31.1 Å². The maximum atomic E-state index is 14.3. The number of nitrogens with one attached hydrogen (secondary N) is 1. The van der Waals surface area contributed by atoms with Crippen LogP contribution in [0.5, 0.6) is 0 Å². The van der Waals surface area contributed by atoms with E-state index in [-0.39, 0.29) is 11.8 Å². The quantitative estimate of drug-likeness (QED) is 0.817. The van der Waals surface area contributed by atoms with Crippen molar-refractivity contribution in [2.45, 2.75) is 39.3 Å². The zero-order valence-corrected chi connectivity index (χ0v) is 12.8. The standard InChI is InChI=1S/C16H24F2N2O/c1-3-5-19-10-12-8-14(17)16(15(18)9-12)20-6-7-21-13(4-2)11-20/h8-9,13,19H,3-7,10-11H2,1-2H3. The Morgan fingerprint density at radius 1 is 1.29 bits per heavy atom. The van der Waals surface area contributed by atoms with E-state index < -0.39 is 11.6 Å². The summed E-state index contributed by atoms with van der Waals surface area (Å²) in [7, 11) is 0. The number of halogens is 2. The van der Waals surface area contributed by atoms with Crippen LogP contribution in [-0.2, 0) is 11.3 Å². The summed E-state index contributed by atoms with van der Waals surface area (Å²) in [6.07, 6.45) is 1.89. The van der Waals surface area contributed by atoms with Gasteiger partial charge in [0.15, 0.2) is 0 Å². The molecule has 0 aromatic heterocycles. The van der Waals surface area contributed by atoms with Crippen molar-refractivity contribution < 1.29 is 13.5 Å². The van der Waals surface area contributed by atoms with Crippen molar-refractivity contribution >= 4 is 5.69 Å². The maximum Gasteiger partial charge on any atom is 0.149 e. The van der Waals surface area contributed by atoms with E-state index >= 15 is 0 Å². The first-order valence-electron chi connectivity index (χ1n) is 7.70. The predicted molar refractivity (Wildman–Crippen MR) is 80.6 cm³/mol. The minimum Gasteiger partial charge on any atom is -0.375 e. The van der Waals surface area contributed by atoms with Crippen LogP contribution in [0.15, 0.2) is 12.1 Å². The number of ether oxygens (including phenoxy) is 1. The summed E-state index contributed by atoms with van der Waals surface area (Å²) in [6, 6.07) is 2.86. The first-order valence-corrected chi connectivity index (χ1v) is 7.70. The summed E-state index contributed by atoms with van der Waals surface area (Å²) in [4.78, 5) is 1.76. The fraction of sp³-hybridized carbons (Fsp3) is 0.625. The Hall–Kier alpha value is -1.20. The van der Waals surface area contributed by atoms with Crippen LogP contribution in [0.25, 0.3) is 0 Å². The first-order chi connectivity index (χ1) is 10.2. The Morgan fingerprint density at radius 2 is 2.00 bits per heavy atom. The highest BCUT2D eigenvalue weighted by Crippen LogP contribution is 2.27. The van der Waals surface area contributed by atoms with E-state index in [0.29, 0.717) is 31.8 Å². The number of benzene rings is 1. The van der Waals surface area contributed by atoms with E-state index in [1.165, 1.54) is 12.1 Å². The molecule has 1 aliphatic heterocycles. The van der Waals surface area contributed by atoms with Crippen LogP contribution in [0.1, 0.15) is 32.3 Å². The summed E-state index contributed by atoms with van der Waals surface area (Å²) in [5.74, 6) is -0.972. The van der Waals surface area contributed by atoms with E-state index in [4.69, 9.17) is 4.74 Å². The van der Waals surface area contributed by atoms with Gasteiger partial charge in [0.25, 0.3) is 0 Å². The van der Waals surface area contributed by atoms with Gasteiger partial charge in [-0.2, -0.15) is 0 Å². The minimum absolute atomic E-state index is 0.0449. The van der Waals surface area contributed by atoms with Crippen LogP contribution in [0.3, 0.4) is 0 Å². The summed E-state index contributed by atoms with van der Waals surface area (Å²) in [6.45, 7) is 6.98. The molecule has 0 amide bonds. The molecule has 5 heteroatoms. The van der Waals surface area contributed by atoms with Crippen LogP contribution in [0, 0.1) is 11.6 Å². The van der Waals surface area contributed by atoms with Crippen molar-refractivity contribution in [1.29, 1.82) is 0 Å². The Morgan fingerprint density at radius 3 is 2.62 bits per heavy atom. The molecule has 1 aliphatic rings. The third-order valence-corrected chi connectivity index (χ3v) is 3.74. The molecule has 1 unspecified atom stereocenters. The normalized spacial score (nSPS) is 19.0. The van der Waals surface area contributed by atoms with Gasteiger partial charge in [0.1, 0.15) is 17.3 Å². The molecule has 0 aliphatic carbocycles. The van der Waals surface area contributed by atoms with Gasteiger partial charge in [0.05, 0.1) is 12.7 Å². The van der Waals surface area contributed by atoms with Crippen molar-refractivity contribution in [3.8, 4) is 0 Å². The van der Waals surface area contributed by atoms with Crippen molar-refractivity contribution in [1.82, 2.24) is 5.32 Å². The molecule has 3 nitrogen and oxygen atoms in total. The largest absolute Gasteiger partial charge is 0.375 e. The molecule has 118 valence electrons. The molecular weight excluding hydrogens is 274 g/mol. The van der Waals surface area contributed by atoms with Gasteiger partial charge in [-0.1, -0.05) is 13.8 Å². The predicted octanol–water partition coefficient (Wildman–Crippen LogP) is 3.08. The van der Waals surface area contributed by atoms with Gasteiger partial charge < -0.3 is 15.0 Å². The molecule has 0 bridgehead atoms. The third kappa shape index (κ3) is 4.14. The first kappa shape index (κ1) is 16.2. The van der Waals surface area contributed by atoms with Crippen LogP contribution >= 0.6 is 0 Å². The second-order valence-corrected chi connectivity index (χ2v) is 5.43. The maximum absolute atomic E-state index is 14.3. The number of rotatable bonds is 6. The monoisotopic (exact) mass is 298 g/mol. The fourth-order valence-corrected chi connectivity index (χ4v) is 2.60. The van der Waals surface area contributed by atoms with E-state index in [9.17, 15) is 8.78 Å². The van der Waals surface area contributed by atoms with Gasteiger partial charge in [0.2, 0.25) is 0 Å². The Labute approximate surface area is 125 Å². The molecule has 0 saturated carbocycles. The summed E-state index contributed by atoms with van der Waals surface area (Å²) >= 11 is 0. The smallest absolute Gasteiger partial charge is 0.149 e. The lowest BCUT2D eigenvalue weighted by Gasteiger charge is -2.34. The topological polar surface area (TPSA) is 24.5 Å². The summed E-state index contributed by atoms with van der Waals surface area (Å²) in [5.41, 5.74) is 0.721.